The van der Waals surface area contributed by atoms with Gasteiger partial charge in [0.05, 0.1) is 11.2 Å². The molecule has 1 saturated carbocycles. The molecule has 5 nitrogen and oxygen atoms in total. The molecular weight excluding hydrogens is 392 g/mol. The first-order valence-corrected chi connectivity index (χ1v) is 9.45. The first-order valence-electron chi connectivity index (χ1n) is 8.65. The normalized spacial score (nSPS) is 15.0. The van der Waals surface area contributed by atoms with E-state index in [1.807, 2.05) is 42.5 Å². The Kier molecular flexibility index (Phi) is 4.36. The van der Waals surface area contributed by atoms with E-state index in [2.05, 4.69) is 38.4 Å². The number of anilines is 1. The first-order chi connectivity index (χ1) is 12.5. The fraction of sp³-hybridized carbons (Fsp3) is 0.250. The minimum absolute atomic E-state index is 0.196. The summed E-state index contributed by atoms with van der Waals surface area (Å²) in [5, 5.41) is 12.6. The predicted octanol–water partition coefficient (Wildman–Crippen LogP) is 4.37. The second kappa shape index (κ2) is 6.68. The van der Waals surface area contributed by atoms with Crippen LogP contribution in [-0.4, -0.2) is 22.1 Å². The molecule has 6 heteroatoms. The molecule has 3 N–H and O–H groups in total. The number of fused-ring (bicyclic) bond motifs is 1. The molecule has 1 heterocycles. The van der Waals surface area contributed by atoms with Gasteiger partial charge in [-0.1, -0.05) is 34.1 Å². The van der Waals surface area contributed by atoms with Crippen molar-refractivity contribution in [2.75, 3.05) is 5.32 Å². The molecule has 1 fully saturated rings. The van der Waals surface area contributed by atoms with Crippen molar-refractivity contribution in [1.29, 1.82) is 0 Å². The number of hydrogen-bond acceptors (Lipinski definition) is 4. The number of primary amides is 1. The maximum atomic E-state index is 11.8. The lowest BCUT2D eigenvalue weighted by Gasteiger charge is -2.18. The molecule has 0 aliphatic heterocycles. The van der Waals surface area contributed by atoms with E-state index >= 15 is 0 Å². The van der Waals surface area contributed by atoms with E-state index in [0.717, 1.165) is 26.5 Å². The summed E-state index contributed by atoms with van der Waals surface area (Å²) in [5.74, 6) is 0.0721. The van der Waals surface area contributed by atoms with Gasteiger partial charge in [-0.2, -0.15) is 0 Å². The molecule has 1 unspecified atom stereocenters. The Hall–Kier alpha value is -2.47. The van der Waals surface area contributed by atoms with Gasteiger partial charge in [-0.25, -0.2) is 0 Å². The number of rotatable bonds is 5. The molecule has 0 spiro atoms. The van der Waals surface area contributed by atoms with Crippen LogP contribution in [0.2, 0.25) is 0 Å². The number of aromatic nitrogens is 2. The SMILES string of the molecule is CC(Nc1c(C(N)=O)nnc2cc(-c3ccc(Br)cc3)ccc12)C1CC1. The zero-order chi connectivity index (χ0) is 18.3. The molecule has 1 aliphatic rings. The van der Waals surface area contributed by atoms with Crippen LogP contribution in [0.3, 0.4) is 0 Å². The van der Waals surface area contributed by atoms with Crippen LogP contribution in [0.4, 0.5) is 5.69 Å². The predicted molar refractivity (Wildman–Crippen MR) is 107 cm³/mol. The maximum Gasteiger partial charge on any atom is 0.271 e. The van der Waals surface area contributed by atoms with E-state index in [1.165, 1.54) is 12.8 Å². The smallest absolute Gasteiger partial charge is 0.271 e. The second-order valence-corrected chi connectivity index (χ2v) is 7.71. The number of nitrogens with zero attached hydrogens (tertiary/aromatic N) is 2. The number of nitrogens with one attached hydrogen (secondary N) is 1. The van der Waals surface area contributed by atoms with Crippen molar-refractivity contribution < 1.29 is 4.79 Å². The van der Waals surface area contributed by atoms with Gasteiger partial charge in [-0.3, -0.25) is 4.79 Å². The van der Waals surface area contributed by atoms with Crippen molar-refractivity contribution in [2.45, 2.75) is 25.8 Å². The fourth-order valence-corrected chi connectivity index (χ4v) is 3.45. The highest BCUT2D eigenvalue weighted by Gasteiger charge is 2.29. The molecule has 4 rings (SSSR count). The highest BCUT2D eigenvalue weighted by molar-refractivity contribution is 9.10. The number of hydrogen-bond donors (Lipinski definition) is 2. The van der Waals surface area contributed by atoms with Crippen LogP contribution in [0.1, 0.15) is 30.3 Å². The minimum atomic E-state index is -0.568. The Morgan fingerprint density at radius 3 is 2.50 bits per heavy atom. The molecular formula is C20H19BrN4O. The number of nitrogens with two attached hydrogens (primary N) is 1. The van der Waals surface area contributed by atoms with Crippen LogP contribution in [0.25, 0.3) is 22.0 Å². The molecule has 0 saturated heterocycles. The fourth-order valence-electron chi connectivity index (χ4n) is 3.19. The summed E-state index contributed by atoms with van der Waals surface area (Å²) in [4.78, 5) is 11.8. The summed E-state index contributed by atoms with van der Waals surface area (Å²) >= 11 is 3.45. The maximum absolute atomic E-state index is 11.8. The van der Waals surface area contributed by atoms with Gasteiger partial charge in [-0.15, -0.1) is 10.2 Å². The average molecular weight is 411 g/mol. The van der Waals surface area contributed by atoms with Crippen molar-refractivity contribution in [3.63, 3.8) is 0 Å². The molecule has 2 aromatic carbocycles. The summed E-state index contributed by atoms with van der Waals surface area (Å²) in [5.41, 5.74) is 9.28. The number of amides is 1. The van der Waals surface area contributed by atoms with Crippen molar-refractivity contribution in [2.24, 2.45) is 11.7 Å². The van der Waals surface area contributed by atoms with E-state index in [9.17, 15) is 4.79 Å². The Morgan fingerprint density at radius 2 is 1.85 bits per heavy atom. The largest absolute Gasteiger partial charge is 0.380 e. The lowest BCUT2D eigenvalue weighted by molar-refractivity contribution is 0.0995. The zero-order valence-electron chi connectivity index (χ0n) is 14.4. The minimum Gasteiger partial charge on any atom is -0.380 e. The Bertz CT molecular complexity index is 983. The third-order valence-corrected chi connectivity index (χ3v) is 5.40. The van der Waals surface area contributed by atoms with Crippen molar-refractivity contribution in [1.82, 2.24) is 10.2 Å². The van der Waals surface area contributed by atoms with Crippen LogP contribution in [0, 0.1) is 5.92 Å². The molecule has 1 aliphatic carbocycles. The van der Waals surface area contributed by atoms with Crippen molar-refractivity contribution in [3.05, 3.63) is 52.6 Å². The highest BCUT2D eigenvalue weighted by atomic mass is 79.9. The summed E-state index contributed by atoms with van der Waals surface area (Å²) in [6, 6.07) is 14.4. The third-order valence-electron chi connectivity index (χ3n) is 4.87. The van der Waals surface area contributed by atoms with Gasteiger partial charge in [0.25, 0.3) is 5.91 Å². The molecule has 1 aromatic heterocycles. The summed E-state index contributed by atoms with van der Waals surface area (Å²) in [7, 11) is 0. The first kappa shape index (κ1) is 17.0. The monoisotopic (exact) mass is 410 g/mol. The van der Waals surface area contributed by atoms with E-state index in [-0.39, 0.29) is 11.7 Å². The van der Waals surface area contributed by atoms with Gasteiger partial charge in [0.15, 0.2) is 5.69 Å². The molecule has 132 valence electrons. The zero-order valence-corrected chi connectivity index (χ0v) is 16.0. The van der Waals surface area contributed by atoms with E-state index in [1.54, 1.807) is 0 Å². The van der Waals surface area contributed by atoms with Crippen LogP contribution in [0.5, 0.6) is 0 Å². The summed E-state index contributed by atoms with van der Waals surface area (Å²) < 4.78 is 1.04. The summed E-state index contributed by atoms with van der Waals surface area (Å²) in [6.07, 6.45) is 2.43. The second-order valence-electron chi connectivity index (χ2n) is 6.80. The third kappa shape index (κ3) is 3.29. The molecule has 1 amide bonds. The van der Waals surface area contributed by atoms with Gasteiger partial charge in [-0.05, 0) is 61.1 Å². The number of carbonyl (C=O) groups excluding carboxylic acids is 1. The molecule has 26 heavy (non-hydrogen) atoms. The quantitative estimate of drug-likeness (QED) is 0.654. The average Bonchev–Trinajstić information content (AvgIpc) is 3.47. The number of halogens is 1. The number of benzene rings is 2. The van der Waals surface area contributed by atoms with Crippen LogP contribution in [0.15, 0.2) is 46.9 Å². The van der Waals surface area contributed by atoms with E-state index in [0.29, 0.717) is 11.6 Å². The van der Waals surface area contributed by atoms with Crippen LogP contribution >= 0.6 is 15.9 Å². The molecule has 0 bridgehead atoms. The van der Waals surface area contributed by atoms with E-state index in [4.69, 9.17) is 5.73 Å². The standard InChI is InChI=1S/C20H19BrN4O/c1-11(12-2-3-12)23-18-16-9-6-14(13-4-7-15(21)8-5-13)10-17(16)24-25-19(18)20(22)26/h4-12H,2-3H2,1H3,(H2,22,26)(H,23,24). The summed E-state index contributed by atoms with van der Waals surface area (Å²) in [6.45, 7) is 2.13. The molecule has 3 aromatic rings. The van der Waals surface area contributed by atoms with Gasteiger partial charge in [0.1, 0.15) is 0 Å². The van der Waals surface area contributed by atoms with Gasteiger partial charge in [0.2, 0.25) is 0 Å². The highest BCUT2D eigenvalue weighted by Crippen LogP contribution is 2.36. The van der Waals surface area contributed by atoms with Crippen molar-refractivity contribution in [3.8, 4) is 11.1 Å². The topological polar surface area (TPSA) is 80.9 Å². The van der Waals surface area contributed by atoms with Gasteiger partial charge in [0, 0.05) is 15.9 Å². The Balaban J connectivity index is 1.80. The van der Waals surface area contributed by atoms with E-state index < -0.39 is 5.91 Å². The van der Waals surface area contributed by atoms with Crippen LogP contribution < -0.4 is 11.1 Å². The molecule has 1 atom stereocenters. The Morgan fingerprint density at radius 1 is 1.15 bits per heavy atom. The number of carbonyl (C=O) groups is 1. The van der Waals surface area contributed by atoms with Gasteiger partial charge >= 0.3 is 0 Å². The lowest BCUT2D eigenvalue weighted by atomic mass is 10.0. The lowest BCUT2D eigenvalue weighted by Crippen LogP contribution is -2.23. The van der Waals surface area contributed by atoms with Crippen molar-refractivity contribution >= 4 is 38.4 Å². The Labute approximate surface area is 160 Å². The van der Waals surface area contributed by atoms with Crippen LogP contribution in [-0.2, 0) is 0 Å². The van der Waals surface area contributed by atoms with Gasteiger partial charge < -0.3 is 11.1 Å². The molecule has 0 radical (unpaired) electrons.